The molecule has 2 aromatic carbocycles. The molecule has 3 heterocycles. The number of rotatable bonds is 9. The van der Waals surface area contributed by atoms with Gasteiger partial charge < -0.3 is 23.8 Å². The van der Waals surface area contributed by atoms with E-state index in [0.29, 0.717) is 43.6 Å². The number of nitrogens with zero attached hydrogens (tertiary/aromatic N) is 4. The Hall–Kier alpha value is -4.62. The van der Waals surface area contributed by atoms with Gasteiger partial charge in [0.25, 0.3) is 5.91 Å². The monoisotopic (exact) mass is 544 g/mol. The molecule has 0 spiro atoms. The van der Waals surface area contributed by atoms with E-state index in [-0.39, 0.29) is 23.3 Å². The molecule has 1 unspecified atom stereocenters. The zero-order chi connectivity index (χ0) is 28.1. The summed E-state index contributed by atoms with van der Waals surface area (Å²) < 4.78 is 38.5. The second kappa shape index (κ2) is 12.1. The van der Waals surface area contributed by atoms with Gasteiger partial charge in [0.1, 0.15) is 18.2 Å². The minimum absolute atomic E-state index is 0.0188. The van der Waals surface area contributed by atoms with Gasteiger partial charge >= 0.3 is 0 Å². The lowest BCUT2D eigenvalue weighted by Gasteiger charge is -2.14. The number of likely N-dealkylation sites (tertiary alicyclic amines) is 1. The van der Waals surface area contributed by atoms with Crippen LogP contribution >= 0.6 is 0 Å². The molecule has 1 amide bonds. The van der Waals surface area contributed by atoms with E-state index in [1.165, 1.54) is 13.2 Å². The van der Waals surface area contributed by atoms with Crippen LogP contribution in [0.4, 0.5) is 4.39 Å². The third kappa shape index (κ3) is 5.42. The molecule has 10 heteroatoms. The lowest BCUT2D eigenvalue weighted by atomic mass is 10.1. The van der Waals surface area contributed by atoms with Gasteiger partial charge in [-0.1, -0.05) is 12.0 Å². The number of ether oxygens (including phenoxy) is 4. The molecule has 1 fully saturated rings. The molecule has 1 saturated heterocycles. The Kier molecular flexibility index (Phi) is 8.12. The number of amides is 1. The van der Waals surface area contributed by atoms with Crippen LogP contribution in [0, 0.1) is 17.7 Å². The highest BCUT2D eigenvalue weighted by molar-refractivity contribution is 5.93. The van der Waals surface area contributed by atoms with Crippen LogP contribution in [0.3, 0.4) is 0 Å². The summed E-state index contributed by atoms with van der Waals surface area (Å²) in [7, 11) is 3.02. The van der Waals surface area contributed by atoms with E-state index in [1.807, 2.05) is 16.5 Å². The second-order valence-corrected chi connectivity index (χ2v) is 9.14. The molecule has 1 aliphatic rings. The Morgan fingerprint density at radius 2 is 1.90 bits per heavy atom. The number of hydrogen-bond acceptors (Lipinski definition) is 7. The number of imidazole rings is 1. The Labute approximate surface area is 231 Å². The number of carbonyl (C=O) groups is 1. The molecule has 0 aliphatic carbocycles. The Bertz CT molecular complexity index is 1580. The van der Waals surface area contributed by atoms with E-state index < -0.39 is 5.82 Å². The maximum atomic E-state index is 14.6. The molecule has 0 saturated carbocycles. The lowest BCUT2D eigenvalue weighted by molar-refractivity contribution is -0.124. The quantitative estimate of drug-likeness (QED) is 0.223. The summed E-state index contributed by atoms with van der Waals surface area (Å²) in [4.78, 5) is 23.6. The van der Waals surface area contributed by atoms with E-state index in [0.717, 1.165) is 23.3 Å². The van der Waals surface area contributed by atoms with Crippen molar-refractivity contribution in [3.05, 3.63) is 66.5 Å². The molecule has 0 N–H and O–H groups in total. The third-order valence-electron chi connectivity index (χ3n) is 6.65. The third-order valence-corrected chi connectivity index (χ3v) is 6.65. The van der Waals surface area contributed by atoms with Crippen molar-refractivity contribution in [2.45, 2.75) is 19.3 Å². The summed E-state index contributed by atoms with van der Waals surface area (Å²) in [6, 6.07) is 12.0. The van der Waals surface area contributed by atoms with Crippen LogP contribution in [0.15, 0.2) is 54.9 Å². The van der Waals surface area contributed by atoms with Crippen LogP contribution in [-0.4, -0.2) is 65.7 Å². The molecule has 4 aromatic rings. The highest BCUT2D eigenvalue weighted by atomic mass is 19.1. The van der Waals surface area contributed by atoms with Gasteiger partial charge in [-0.25, -0.2) is 4.98 Å². The lowest BCUT2D eigenvalue weighted by Crippen LogP contribution is -2.27. The molecule has 40 heavy (non-hydrogen) atoms. The number of aromatic nitrogens is 3. The number of hydrogen-bond donors (Lipinski definition) is 0. The average molecular weight is 545 g/mol. The molecule has 0 bridgehead atoms. The Morgan fingerprint density at radius 1 is 1.10 bits per heavy atom. The van der Waals surface area contributed by atoms with E-state index in [2.05, 4.69) is 16.8 Å². The molecule has 5 rings (SSSR count). The van der Waals surface area contributed by atoms with Gasteiger partial charge in [-0.15, -0.1) is 0 Å². The zero-order valence-corrected chi connectivity index (χ0v) is 22.5. The first-order valence-corrected chi connectivity index (χ1v) is 12.8. The van der Waals surface area contributed by atoms with Crippen molar-refractivity contribution < 1.29 is 28.1 Å². The smallest absolute Gasteiger partial charge is 0.298 e. The molecule has 2 aromatic heterocycles. The van der Waals surface area contributed by atoms with Crippen molar-refractivity contribution >= 4 is 11.4 Å². The van der Waals surface area contributed by atoms with Gasteiger partial charge in [0.05, 0.1) is 37.3 Å². The normalized spacial score (nSPS) is 14.6. The summed E-state index contributed by atoms with van der Waals surface area (Å²) in [5, 5.41) is 0. The predicted octanol–water partition coefficient (Wildman–Crippen LogP) is 4.70. The van der Waals surface area contributed by atoms with Gasteiger partial charge in [0.15, 0.2) is 11.5 Å². The van der Waals surface area contributed by atoms with Crippen LogP contribution in [0.25, 0.3) is 16.8 Å². The Morgan fingerprint density at radius 3 is 2.65 bits per heavy atom. The van der Waals surface area contributed by atoms with Gasteiger partial charge in [-0.3, -0.25) is 14.2 Å². The number of fused-ring (bicyclic) bond motifs is 1. The van der Waals surface area contributed by atoms with E-state index in [9.17, 15) is 9.18 Å². The molecule has 1 atom stereocenters. The second-order valence-electron chi connectivity index (χ2n) is 9.14. The van der Waals surface area contributed by atoms with Crippen molar-refractivity contribution in [1.29, 1.82) is 0 Å². The van der Waals surface area contributed by atoms with Gasteiger partial charge in [0, 0.05) is 31.7 Å². The molecule has 206 valence electrons. The molecule has 0 radical (unpaired) electrons. The fraction of sp³-hybridized carbons (Fsp3) is 0.300. The Balaban J connectivity index is 1.49. The molecule has 1 aliphatic heterocycles. The first-order valence-electron chi connectivity index (χ1n) is 12.8. The zero-order valence-electron chi connectivity index (χ0n) is 22.5. The summed E-state index contributed by atoms with van der Waals surface area (Å²) in [5.74, 6) is 6.48. The predicted molar refractivity (Wildman–Crippen MR) is 146 cm³/mol. The fourth-order valence-corrected chi connectivity index (χ4v) is 4.73. The highest BCUT2D eigenvalue weighted by Crippen LogP contribution is 2.36. The highest BCUT2D eigenvalue weighted by Gasteiger charge is 2.31. The number of halogens is 1. The van der Waals surface area contributed by atoms with Crippen molar-refractivity contribution in [2.75, 3.05) is 40.5 Å². The van der Waals surface area contributed by atoms with Crippen LogP contribution in [0.1, 0.15) is 25.1 Å². The van der Waals surface area contributed by atoms with Crippen LogP contribution in [-0.2, 0) is 9.53 Å². The maximum absolute atomic E-state index is 14.6. The number of benzene rings is 2. The number of methoxy groups -OCH3 is 2. The molecular formula is C30H29FN4O5. The largest absolute Gasteiger partial charge is 0.494 e. The van der Waals surface area contributed by atoms with Crippen molar-refractivity contribution in [3.8, 4) is 46.2 Å². The van der Waals surface area contributed by atoms with Gasteiger partial charge in [-0.2, -0.15) is 4.39 Å². The molecular weight excluding hydrogens is 515 g/mol. The first-order chi connectivity index (χ1) is 19.5. The van der Waals surface area contributed by atoms with E-state index >= 15 is 0 Å². The summed E-state index contributed by atoms with van der Waals surface area (Å²) in [6.45, 7) is 3.52. The first kappa shape index (κ1) is 27.0. The summed E-state index contributed by atoms with van der Waals surface area (Å²) >= 11 is 0. The van der Waals surface area contributed by atoms with Crippen LogP contribution in [0.2, 0.25) is 0 Å². The number of carbonyl (C=O) groups excluding carboxylic acids is 1. The van der Waals surface area contributed by atoms with Gasteiger partial charge in [0.2, 0.25) is 11.7 Å². The standard InChI is InChI=1S/C30H29FN4O5/c1-4-6-26(36)34-14-13-21(19-34)30-33-29(23-17-32-18-27(35(23)30)39-16-15-37-2)20-9-11-22(12-10-20)40-25-8-5-7-24(38-3)28(25)31/h5,7-12,17-18,21H,13-16,19H2,1-3H3. The van der Waals surface area contributed by atoms with Crippen molar-refractivity contribution in [2.24, 2.45) is 0 Å². The minimum atomic E-state index is -0.570. The topological polar surface area (TPSA) is 87.4 Å². The molecule has 9 nitrogen and oxygen atoms in total. The average Bonchev–Trinajstić information content (AvgIpc) is 3.61. The fourth-order valence-electron chi connectivity index (χ4n) is 4.73. The van der Waals surface area contributed by atoms with Crippen LogP contribution in [0.5, 0.6) is 23.1 Å². The summed E-state index contributed by atoms with van der Waals surface area (Å²) in [6.07, 6.45) is 4.14. The minimum Gasteiger partial charge on any atom is -0.494 e. The maximum Gasteiger partial charge on any atom is 0.298 e. The van der Waals surface area contributed by atoms with E-state index in [4.69, 9.17) is 23.9 Å². The van der Waals surface area contributed by atoms with E-state index in [1.54, 1.807) is 55.6 Å². The van der Waals surface area contributed by atoms with Crippen LogP contribution < -0.4 is 14.2 Å². The van der Waals surface area contributed by atoms with Gasteiger partial charge in [-0.05, 0) is 55.7 Å². The SMILES string of the molecule is CC#CC(=O)N1CCC(c2nc(-c3ccc(Oc4cccc(OC)c4F)cc3)c3cncc(OCCOC)n23)C1. The summed E-state index contributed by atoms with van der Waals surface area (Å²) in [5.41, 5.74) is 2.29. The van der Waals surface area contributed by atoms with Crippen molar-refractivity contribution in [3.63, 3.8) is 0 Å². The van der Waals surface area contributed by atoms with Crippen molar-refractivity contribution in [1.82, 2.24) is 19.3 Å².